The van der Waals surface area contributed by atoms with Crippen LogP contribution in [0.25, 0.3) is 27.0 Å². The van der Waals surface area contributed by atoms with Gasteiger partial charge in [0.05, 0.1) is 22.0 Å². The third-order valence-corrected chi connectivity index (χ3v) is 6.97. The van der Waals surface area contributed by atoms with Crippen LogP contribution in [0.15, 0.2) is 47.3 Å². The van der Waals surface area contributed by atoms with Gasteiger partial charge in [-0.25, -0.2) is 4.98 Å². The van der Waals surface area contributed by atoms with Crippen molar-refractivity contribution in [1.82, 2.24) is 19.9 Å². The van der Waals surface area contributed by atoms with Gasteiger partial charge in [-0.2, -0.15) is 0 Å². The Balaban J connectivity index is 1.75. The van der Waals surface area contributed by atoms with Gasteiger partial charge in [0.25, 0.3) is 5.91 Å². The van der Waals surface area contributed by atoms with Gasteiger partial charge >= 0.3 is 0 Å². The summed E-state index contributed by atoms with van der Waals surface area (Å²) in [7, 11) is 0. The highest BCUT2D eigenvalue weighted by Gasteiger charge is 2.21. The summed E-state index contributed by atoms with van der Waals surface area (Å²) in [5, 5.41) is 9.20. The first kappa shape index (κ1) is 21.5. The molecule has 5 nitrogen and oxygen atoms in total. The van der Waals surface area contributed by atoms with E-state index in [-0.39, 0.29) is 5.91 Å². The second-order valence-corrected chi connectivity index (χ2v) is 9.14. The highest BCUT2D eigenvalue weighted by Crippen LogP contribution is 2.34. The molecule has 4 rings (SSSR count). The molecule has 1 amide bonds. The molecule has 0 fully saturated rings. The van der Waals surface area contributed by atoms with Gasteiger partial charge in [0.15, 0.2) is 0 Å². The van der Waals surface area contributed by atoms with E-state index in [2.05, 4.69) is 51.6 Å². The molecule has 4 heterocycles. The molecule has 1 N–H and O–H groups in total. The van der Waals surface area contributed by atoms with Crippen LogP contribution in [0.2, 0.25) is 0 Å². The SMILES string of the molecule is CCCCNC(=O)c1cc(-c2csc(-c3ccnc(CC)c3)n2)n(-c2cccs2)c1C. The largest absolute Gasteiger partial charge is 0.352 e. The molecule has 31 heavy (non-hydrogen) atoms. The average molecular weight is 451 g/mol. The molecular formula is C24H26N4OS2. The number of amides is 1. The van der Waals surface area contributed by atoms with Crippen LogP contribution < -0.4 is 5.32 Å². The number of thiazole rings is 1. The number of hydrogen-bond donors (Lipinski definition) is 1. The predicted molar refractivity (Wildman–Crippen MR) is 129 cm³/mol. The Morgan fingerprint density at radius 2 is 2.06 bits per heavy atom. The Kier molecular flexibility index (Phi) is 6.63. The Morgan fingerprint density at radius 1 is 1.19 bits per heavy atom. The van der Waals surface area contributed by atoms with Crippen LogP contribution in [-0.2, 0) is 6.42 Å². The van der Waals surface area contributed by atoms with E-state index in [9.17, 15) is 4.79 Å². The average Bonchev–Trinajstić information content (AvgIpc) is 3.53. The number of nitrogens with one attached hydrogen (secondary N) is 1. The highest BCUT2D eigenvalue weighted by atomic mass is 32.1. The van der Waals surface area contributed by atoms with Crippen molar-refractivity contribution in [3.8, 4) is 27.0 Å². The number of nitrogens with zero attached hydrogens (tertiary/aromatic N) is 3. The quantitative estimate of drug-likeness (QED) is 0.329. The summed E-state index contributed by atoms with van der Waals surface area (Å²) in [4.78, 5) is 22.2. The molecular weight excluding hydrogens is 424 g/mol. The Bertz CT molecular complexity index is 1170. The third-order valence-electron chi connectivity index (χ3n) is 5.23. The Labute approximate surface area is 190 Å². The van der Waals surface area contributed by atoms with E-state index in [1.54, 1.807) is 22.7 Å². The molecule has 0 radical (unpaired) electrons. The summed E-state index contributed by atoms with van der Waals surface area (Å²) in [6, 6.07) is 10.2. The van der Waals surface area contributed by atoms with Crippen LogP contribution in [0, 0.1) is 6.92 Å². The van der Waals surface area contributed by atoms with Crippen molar-refractivity contribution in [2.75, 3.05) is 6.54 Å². The molecule has 7 heteroatoms. The van der Waals surface area contributed by atoms with Crippen LogP contribution in [0.5, 0.6) is 0 Å². The van der Waals surface area contributed by atoms with Gasteiger partial charge in [0, 0.05) is 35.1 Å². The van der Waals surface area contributed by atoms with Crippen LogP contribution in [0.3, 0.4) is 0 Å². The van der Waals surface area contributed by atoms with Crippen molar-refractivity contribution in [2.45, 2.75) is 40.0 Å². The molecule has 4 aromatic heterocycles. The maximum atomic E-state index is 12.9. The lowest BCUT2D eigenvalue weighted by Gasteiger charge is -2.08. The maximum absolute atomic E-state index is 12.9. The van der Waals surface area contributed by atoms with Crippen LogP contribution in [0.4, 0.5) is 0 Å². The van der Waals surface area contributed by atoms with E-state index in [1.807, 2.05) is 31.3 Å². The van der Waals surface area contributed by atoms with E-state index >= 15 is 0 Å². The first-order valence-electron chi connectivity index (χ1n) is 10.6. The lowest BCUT2D eigenvalue weighted by molar-refractivity contribution is 0.0952. The van der Waals surface area contributed by atoms with E-state index in [0.717, 1.165) is 57.6 Å². The summed E-state index contributed by atoms with van der Waals surface area (Å²) < 4.78 is 2.14. The number of rotatable bonds is 8. The molecule has 160 valence electrons. The summed E-state index contributed by atoms with van der Waals surface area (Å²) in [6.07, 6.45) is 4.76. The Morgan fingerprint density at radius 3 is 2.81 bits per heavy atom. The van der Waals surface area contributed by atoms with Crippen LogP contribution in [-0.4, -0.2) is 27.0 Å². The number of aromatic nitrogens is 3. The molecule has 0 aliphatic carbocycles. The molecule has 0 aromatic carbocycles. The molecule has 0 aliphatic heterocycles. The molecule has 0 aliphatic rings. The lowest BCUT2D eigenvalue weighted by Crippen LogP contribution is -2.24. The minimum atomic E-state index is -0.0281. The van der Waals surface area contributed by atoms with Crippen molar-refractivity contribution >= 4 is 28.6 Å². The molecule has 4 aromatic rings. The van der Waals surface area contributed by atoms with E-state index in [1.165, 1.54) is 0 Å². The first-order chi connectivity index (χ1) is 15.1. The summed E-state index contributed by atoms with van der Waals surface area (Å²) in [5.74, 6) is -0.0281. The normalized spacial score (nSPS) is 11.1. The Hall–Kier alpha value is -2.77. The van der Waals surface area contributed by atoms with Gasteiger partial charge in [0.1, 0.15) is 5.01 Å². The maximum Gasteiger partial charge on any atom is 0.253 e. The summed E-state index contributed by atoms with van der Waals surface area (Å²) in [6.45, 7) is 6.91. The fraction of sp³-hybridized carbons (Fsp3) is 0.292. The topological polar surface area (TPSA) is 59.8 Å². The fourth-order valence-electron chi connectivity index (χ4n) is 3.51. The number of pyridine rings is 1. The molecule has 0 unspecified atom stereocenters. The minimum absolute atomic E-state index is 0.0281. The molecule has 0 spiro atoms. The number of hydrogen-bond acceptors (Lipinski definition) is 5. The van der Waals surface area contributed by atoms with Crippen LogP contribution >= 0.6 is 22.7 Å². The van der Waals surface area contributed by atoms with Crippen molar-refractivity contribution in [1.29, 1.82) is 0 Å². The number of aryl methyl sites for hydroxylation is 1. The molecule has 0 saturated carbocycles. The fourth-order valence-corrected chi connectivity index (χ4v) is 5.11. The molecule has 0 atom stereocenters. The standard InChI is InChI=1S/C24H26N4OS2/c1-4-6-10-26-23(29)19-14-21(28(16(19)3)22-8-7-12-30-22)20-15-31-24(27-20)17-9-11-25-18(5-2)13-17/h7-9,11-15H,4-6,10H2,1-3H3,(H,26,29). The van der Waals surface area contributed by atoms with Crippen LogP contribution in [0.1, 0.15) is 48.4 Å². The summed E-state index contributed by atoms with van der Waals surface area (Å²) in [5.41, 5.74) is 5.57. The molecule has 0 saturated heterocycles. The third kappa shape index (κ3) is 4.48. The van der Waals surface area contributed by atoms with Gasteiger partial charge < -0.3 is 9.88 Å². The smallest absolute Gasteiger partial charge is 0.253 e. The van der Waals surface area contributed by atoms with Gasteiger partial charge in [-0.3, -0.25) is 9.78 Å². The number of unbranched alkanes of at least 4 members (excludes halogenated alkanes) is 1. The number of carbonyl (C=O) groups excluding carboxylic acids is 1. The lowest BCUT2D eigenvalue weighted by atomic mass is 10.2. The van der Waals surface area contributed by atoms with Crippen molar-refractivity contribution in [2.24, 2.45) is 0 Å². The second-order valence-electron chi connectivity index (χ2n) is 7.35. The summed E-state index contributed by atoms with van der Waals surface area (Å²) >= 11 is 3.27. The predicted octanol–water partition coefficient (Wildman–Crippen LogP) is 6.13. The van der Waals surface area contributed by atoms with E-state index < -0.39 is 0 Å². The van der Waals surface area contributed by atoms with Gasteiger partial charge in [-0.15, -0.1) is 22.7 Å². The zero-order chi connectivity index (χ0) is 21.8. The van der Waals surface area contributed by atoms with Crippen molar-refractivity contribution < 1.29 is 4.79 Å². The van der Waals surface area contributed by atoms with Gasteiger partial charge in [-0.1, -0.05) is 20.3 Å². The van der Waals surface area contributed by atoms with Crippen molar-refractivity contribution in [3.63, 3.8) is 0 Å². The first-order valence-corrected chi connectivity index (χ1v) is 12.3. The van der Waals surface area contributed by atoms with E-state index in [0.29, 0.717) is 12.1 Å². The second kappa shape index (κ2) is 9.58. The van der Waals surface area contributed by atoms with E-state index in [4.69, 9.17) is 4.98 Å². The monoisotopic (exact) mass is 450 g/mol. The number of thiophene rings is 1. The number of carbonyl (C=O) groups is 1. The van der Waals surface area contributed by atoms with Gasteiger partial charge in [0.2, 0.25) is 0 Å². The zero-order valence-corrected chi connectivity index (χ0v) is 19.6. The van der Waals surface area contributed by atoms with Crippen molar-refractivity contribution in [3.05, 3.63) is 64.2 Å². The minimum Gasteiger partial charge on any atom is -0.352 e. The molecule has 0 bridgehead atoms. The highest BCUT2D eigenvalue weighted by molar-refractivity contribution is 7.13. The zero-order valence-electron chi connectivity index (χ0n) is 18.0. The van der Waals surface area contributed by atoms with Gasteiger partial charge in [-0.05, 0) is 55.5 Å².